The van der Waals surface area contributed by atoms with E-state index in [1.807, 2.05) is 0 Å². The quantitative estimate of drug-likeness (QED) is 0.585. The molecule has 4 saturated carbocycles. The lowest BCUT2D eigenvalue weighted by Crippen LogP contribution is -2.55. The zero-order valence-corrected chi connectivity index (χ0v) is 20.2. The maximum atomic E-state index is 10.3. The van der Waals surface area contributed by atoms with Crippen LogP contribution in [0.4, 0.5) is 0 Å². The van der Waals surface area contributed by atoms with Gasteiger partial charge in [-0.25, -0.2) is 0 Å². The lowest BCUT2D eigenvalue weighted by atomic mass is 9.44. The summed E-state index contributed by atoms with van der Waals surface area (Å²) in [5.41, 5.74) is 0.899. The fourth-order valence-corrected chi connectivity index (χ4v) is 10.3. The summed E-state index contributed by atoms with van der Waals surface area (Å²) in [7, 11) is 0. The standard InChI is InChI=1S/C27H44O3.H2O/c1-16-7-12-27(29-15-16)17(2)24-23(30-27)14-22-20-6-5-18-13-19(28)8-10-25(18,3)21(20)9-11-26(22,24)4;/h16-24,28H,5-15H2,1-4H3;1H2/t16-,17+,18?,19+,20-,21+,22+,23+,24+,25+,26+,27-;/m1./s1. The Bertz CT molecular complexity index is 687. The Morgan fingerprint density at radius 3 is 2.35 bits per heavy atom. The molecule has 1 spiro atoms. The van der Waals surface area contributed by atoms with Gasteiger partial charge in [0.2, 0.25) is 0 Å². The van der Waals surface area contributed by atoms with Gasteiger partial charge in [-0.1, -0.05) is 27.7 Å². The summed E-state index contributed by atoms with van der Waals surface area (Å²) in [5, 5.41) is 10.3. The van der Waals surface area contributed by atoms with E-state index in [1.54, 1.807) is 0 Å². The van der Waals surface area contributed by atoms with Crippen molar-refractivity contribution in [2.75, 3.05) is 6.61 Å². The highest BCUT2D eigenvalue weighted by Gasteiger charge is 2.69. The highest BCUT2D eigenvalue weighted by molar-refractivity contribution is 5.15. The number of hydrogen-bond donors (Lipinski definition) is 1. The van der Waals surface area contributed by atoms with Gasteiger partial charge in [0.25, 0.3) is 0 Å². The van der Waals surface area contributed by atoms with Gasteiger partial charge in [0.15, 0.2) is 5.79 Å². The molecule has 6 rings (SSSR count). The van der Waals surface area contributed by atoms with Gasteiger partial charge in [-0.2, -0.15) is 0 Å². The van der Waals surface area contributed by atoms with E-state index in [9.17, 15) is 5.11 Å². The number of fused-ring (bicyclic) bond motifs is 7. The molecule has 31 heavy (non-hydrogen) atoms. The van der Waals surface area contributed by atoms with E-state index >= 15 is 0 Å². The normalized spacial score (nSPS) is 60.5. The van der Waals surface area contributed by atoms with Gasteiger partial charge in [-0.3, -0.25) is 0 Å². The van der Waals surface area contributed by atoms with Crippen molar-refractivity contribution in [3.8, 4) is 0 Å². The number of hydrogen-bond acceptors (Lipinski definition) is 3. The summed E-state index contributed by atoms with van der Waals surface area (Å²) in [6.45, 7) is 10.9. The molecule has 0 radical (unpaired) electrons. The van der Waals surface area contributed by atoms with Gasteiger partial charge in [-0.15, -0.1) is 0 Å². The molecule has 4 heteroatoms. The average molecular weight is 435 g/mol. The topological polar surface area (TPSA) is 70.2 Å². The van der Waals surface area contributed by atoms with Crippen LogP contribution in [0, 0.1) is 52.3 Å². The van der Waals surface area contributed by atoms with E-state index < -0.39 is 0 Å². The van der Waals surface area contributed by atoms with Crippen LogP contribution in [0.2, 0.25) is 0 Å². The number of ether oxygens (including phenoxy) is 2. The molecule has 0 amide bonds. The second-order valence-corrected chi connectivity index (χ2v) is 13.1. The first-order valence-corrected chi connectivity index (χ1v) is 13.3. The van der Waals surface area contributed by atoms with Crippen LogP contribution in [-0.2, 0) is 9.47 Å². The minimum Gasteiger partial charge on any atom is -0.412 e. The Morgan fingerprint density at radius 1 is 0.839 bits per heavy atom. The molecule has 12 atom stereocenters. The van der Waals surface area contributed by atoms with E-state index in [1.165, 1.54) is 44.9 Å². The summed E-state index contributed by atoms with van der Waals surface area (Å²) in [6.07, 6.45) is 12.9. The molecule has 2 saturated heterocycles. The first-order valence-electron chi connectivity index (χ1n) is 13.3. The minimum absolute atomic E-state index is 0. The van der Waals surface area contributed by atoms with Crippen LogP contribution in [-0.4, -0.2) is 35.2 Å². The molecule has 4 aliphatic carbocycles. The monoisotopic (exact) mass is 434 g/mol. The van der Waals surface area contributed by atoms with Gasteiger partial charge in [0.05, 0.1) is 18.8 Å². The van der Waals surface area contributed by atoms with E-state index in [-0.39, 0.29) is 17.4 Å². The first kappa shape index (κ1) is 22.6. The van der Waals surface area contributed by atoms with Crippen LogP contribution in [0.25, 0.3) is 0 Å². The molecule has 0 aromatic carbocycles. The predicted octanol–water partition coefficient (Wildman–Crippen LogP) is 4.97. The Kier molecular flexibility index (Phi) is 5.41. The fourth-order valence-electron chi connectivity index (χ4n) is 10.3. The molecule has 0 bridgehead atoms. The van der Waals surface area contributed by atoms with E-state index in [4.69, 9.17) is 9.47 Å². The number of aliphatic hydroxyl groups is 1. The summed E-state index contributed by atoms with van der Waals surface area (Å²) in [4.78, 5) is 0. The summed E-state index contributed by atoms with van der Waals surface area (Å²) < 4.78 is 13.4. The van der Waals surface area contributed by atoms with E-state index in [0.29, 0.717) is 34.7 Å². The highest BCUT2D eigenvalue weighted by Crippen LogP contribution is 2.71. The van der Waals surface area contributed by atoms with Gasteiger partial charge >= 0.3 is 0 Å². The molecular formula is C27H46O4. The molecule has 2 heterocycles. The Labute approximate surface area is 189 Å². The molecule has 2 aliphatic heterocycles. The Balaban J connectivity index is 0.00000204. The second-order valence-electron chi connectivity index (χ2n) is 13.1. The van der Waals surface area contributed by atoms with Crippen LogP contribution >= 0.6 is 0 Å². The maximum absolute atomic E-state index is 10.3. The van der Waals surface area contributed by atoms with Gasteiger partial charge in [-0.05, 0) is 104 Å². The van der Waals surface area contributed by atoms with Crippen LogP contribution < -0.4 is 0 Å². The Morgan fingerprint density at radius 2 is 1.61 bits per heavy atom. The van der Waals surface area contributed by atoms with Gasteiger partial charge in [0, 0.05) is 12.3 Å². The largest absolute Gasteiger partial charge is 0.412 e. The van der Waals surface area contributed by atoms with Gasteiger partial charge in [0.1, 0.15) is 0 Å². The predicted molar refractivity (Wildman–Crippen MR) is 121 cm³/mol. The third kappa shape index (κ3) is 3.00. The minimum atomic E-state index is -0.282. The van der Waals surface area contributed by atoms with Gasteiger partial charge < -0.3 is 20.1 Å². The second kappa shape index (κ2) is 7.42. The van der Waals surface area contributed by atoms with E-state index in [2.05, 4.69) is 27.7 Å². The summed E-state index contributed by atoms with van der Waals surface area (Å²) >= 11 is 0. The van der Waals surface area contributed by atoms with Crippen LogP contribution in [0.15, 0.2) is 0 Å². The lowest BCUT2D eigenvalue weighted by molar-refractivity contribution is -0.273. The third-order valence-corrected chi connectivity index (χ3v) is 11.9. The van der Waals surface area contributed by atoms with Crippen LogP contribution in [0.5, 0.6) is 0 Å². The summed E-state index contributed by atoms with van der Waals surface area (Å²) in [5.74, 6) is 4.93. The SMILES string of the molecule is C[C@@H]1CC[C@@]2(OC1)O[C@H]1C[C@H]3[C@@H]4CCC5C[C@@H](O)CC[C@]5(C)[C@H]4CC[C@]3(C)[C@H]1[C@@H]2C.O. The molecule has 178 valence electrons. The fraction of sp³-hybridized carbons (Fsp3) is 1.00. The zero-order valence-electron chi connectivity index (χ0n) is 20.2. The van der Waals surface area contributed by atoms with Crippen molar-refractivity contribution in [3.63, 3.8) is 0 Å². The number of rotatable bonds is 0. The Hall–Kier alpha value is -0.160. The average Bonchev–Trinajstić information content (AvgIpc) is 3.16. The molecular weight excluding hydrogens is 388 g/mol. The smallest absolute Gasteiger partial charge is 0.171 e. The van der Waals surface area contributed by atoms with Crippen molar-refractivity contribution in [2.45, 2.75) is 110 Å². The molecule has 6 fully saturated rings. The van der Waals surface area contributed by atoms with Crippen molar-refractivity contribution >= 4 is 0 Å². The van der Waals surface area contributed by atoms with Crippen LogP contribution in [0.1, 0.15) is 91.9 Å². The van der Waals surface area contributed by atoms with Crippen molar-refractivity contribution in [1.29, 1.82) is 0 Å². The molecule has 3 N–H and O–H groups in total. The van der Waals surface area contributed by atoms with Crippen LogP contribution in [0.3, 0.4) is 0 Å². The summed E-state index contributed by atoms with van der Waals surface area (Å²) in [6, 6.07) is 0. The molecule has 0 aromatic rings. The molecule has 6 aliphatic rings. The lowest BCUT2D eigenvalue weighted by Gasteiger charge is -2.61. The maximum Gasteiger partial charge on any atom is 0.171 e. The van der Waals surface area contributed by atoms with Crippen molar-refractivity contribution in [3.05, 3.63) is 0 Å². The van der Waals surface area contributed by atoms with Crippen molar-refractivity contribution in [2.24, 2.45) is 52.3 Å². The highest BCUT2D eigenvalue weighted by atomic mass is 16.7. The molecule has 1 unspecified atom stereocenters. The molecule has 0 aromatic heterocycles. The third-order valence-electron chi connectivity index (χ3n) is 11.9. The zero-order chi connectivity index (χ0) is 20.9. The first-order chi connectivity index (χ1) is 14.3. The van der Waals surface area contributed by atoms with E-state index in [0.717, 1.165) is 49.5 Å². The van der Waals surface area contributed by atoms with Crippen molar-refractivity contribution in [1.82, 2.24) is 0 Å². The molecule has 4 nitrogen and oxygen atoms in total. The van der Waals surface area contributed by atoms with Crippen molar-refractivity contribution < 1.29 is 20.1 Å². The number of aliphatic hydroxyl groups excluding tert-OH is 1.